The molecule has 0 bridgehead atoms. The number of aryl methyl sites for hydroxylation is 2. The maximum atomic E-state index is 12.1. The second kappa shape index (κ2) is 6.08. The van der Waals surface area contributed by atoms with Crippen LogP contribution in [0.5, 0.6) is 0 Å². The van der Waals surface area contributed by atoms with Crippen molar-refractivity contribution in [2.75, 3.05) is 6.54 Å². The number of furan rings is 1. The third-order valence-corrected chi connectivity index (χ3v) is 3.10. The van der Waals surface area contributed by atoms with Crippen LogP contribution in [0.25, 0.3) is 11.0 Å². The zero-order valence-corrected chi connectivity index (χ0v) is 12.1. The molecule has 3 N–H and O–H groups in total. The van der Waals surface area contributed by atoms with E-state index in [1.54, 1.807) is 0 Å². The molecule has 19 heavy (non-hydrogen) atoms. The summed E-state index contributed by atoms with van der Waals surface area (Å²) in [6.45, 7) is 6.13. The summed E-state index contributed by atoms with van der Waals surface area (Å²) >= 11 is 0. The monoisotopic (exact) mass is 282 g/mol. The van der Waals surface area contributed by atoms with Crippen molar-refractivity contribution in [3.63, 3.8) is 0 Å². The summed E-state index contributed by atoms with van der Waals surface area (Å²) < 4.78 is 5.68. The van der Waals surface area contributed by atoms with Gasteiger partial charge in [-0.25, -0.2) is 0 Å². The summed E-state index contributed by atoms with van der Waals surface area (Å²) in [6, 6.07) is 5.83. The van der Waals surface area contributed by atoms with Crippen LogP contribution in [0.3, 0.4) is 0 Å². The van der Waals surface area contributed by atoms with E-state index in [0.717, 1.165) is 22.1 Å². The predicted molar refractivity (Wildman–Crippen MR) is 78.9 cm³/mol. The number of hydrogen-bond donors (Lipinski definition) is 2. The molecule has 0 fully saturated rings. The number of halogens is 1. The number of carbonyl (C=O) groups is 1. The molecule has 0 aliphatic carbocycles. The number of nitrogens with one attached hydrogen (secondary N) is 1. The second-order valence-corrected chi connectivity index (χ2v) is 4.62. The van der Waals surface area contributed by atoms with Crippen LogP contribution < -0.4 is 11.1 Å². The second-order valence-electron chi connectivity index (χ2n) is 4.62. The molecule has 1 aromatic heterocycles. The lowest BCUT2D eigenvalue weighted by Gasteiger charge is -2.09. The molecule has 4 nitrogen and oxygen atoms in total. The molecule has 2 rings (SSSR count). The van der Waals surface area contributed by atoms with Crippen molar-refractivity contribution < 1.29 is 9.21 Å². The third-order valence-electron chi connectivity index (χ3n) is 3.10. The Morgan fingerprint density at radius 1 is 1.42 bits per heavy atom. The van der Waals surface area contributed by atoms with Crippen LogP contribution in [0.1, 0.15) is 28.6 Å². The smallest absolute Gasteiger partial charge is 0.287 e. The Balaban J connectivity index is 0.00000180. The van der Waals surface area contributed by atoms with Crippen LogP contribution in [0.2, 0.25) is 0 Å². The standard InChI is InChI=1S/C14H18N2O2.ClH/c1-8-5-4-6-11-10(3)13(18-12(8)11)14(17)16-9(2)7-15;/h4-6,9H,7,15H2,1-3H3,(H,16,17);1H/t9-;/m0./s1. The van der Waals surface area contributed by atoms with Gasteiger partial charge in [0.2, 0.25) is 0 Å². The molecular formula is C14H19ClN2O2. The molecule has 0 aliphatic heterocycles. The van der Waals surface area contributed by atoms with Gasteiger partial charge in [0.25, 0.3) is 5.91 Å². The number of fused-ring (bicyclic) bond motifs is 1. The van der Waals surface area contributed by atoms with Crippen molar-refractivity contribution in [1.82, 2.24) is 5.32 Å². The summed E-state index contributed by atoms with van der Waals surface area (Å²) in [6.07, 6.45) is 0. The minimum absolute atomic E-state index is 0. The lowest BCUT2D eigenvalue weighted by atomic mass is 10.1. The Morgan fingerprint density at radius 2 is 2.11 bits per heavy atom. The zero-order chi connectivity index (χ0) is 13.3. The highest BCUT2D eigenvalue weighted by Crippen LogP contribution is 2.27. The molecule has 0 saturated carbocycles. The maximum absolute atomic E-state index is 12.1. The lowest BCUT2D eigenvalue weighted by molar-refractivity contribution is 0.0914. The van der Waals surface area contributed by atoms with Crippen LogP contribution in [0.4, 0.5) is 0 Å². The maximum Gasteiger partial charge on any atom is 0.287 e. The van der Waals surface area contributed by atoms with E-state index in [1.807, 2.05) is 39.0 Å². The van der Waals surface area contributed by atoms with E-state index in [0.29, 0.717) is 12.3 Å². The first-order valence-corrected chi connectivity index (χ1v) is 6.04. The number of hydrogen-bond acceptors (Lipinski definition) is 3. The van der Waals surface area contributed by atoms with Gasteiger partial charge in [0.05, 0.1) is 0 Å². The third kappa shape index (κ3) is 2.91. The number of benzene rings is 1. The molecule has 0 aliphatic rings. The highest BCUT2D eigenvalue weighted by molar-refractivity contribution is 5.99. The number of nitrogens with two attached hydrogens (primary N) is 1. The Bertz CT molecular complexity index is 592. The fourth-order valence-electron chi connectivity index (χ4n) is 1.95. The largest absolute Gasteiger partial charge is 0.450 e. The molecule has 0 saturated heterocycles. The van der Waals surface area contributed by atoms with Gasteiger partial charge in [0.15, 0.2) is 5.76 Å². The first kappa shape index (κ1) is 15.5. The quantitative estimate of drug-likeness (QED) is 0.909. The Labute approximate surface area is 118 Å². The van der Waals surface area contributed by atoms with E-state index < -0.39 is 0 Å². The molecule has 1 amide bonds. The highest BCUT2D eigenvalue weighted by Gasteiger charge is 2.19. The minimum Gasteiger partial charge on any atom is -0.450 e. The van der Waals surface area contributed by atoms with E-state index in [9.17, 15) is 4.79 Å². The number of para-hydroxylation sites is 1. The molecule has 0 unspecified atom stereocenters. The molecule has 1 heterocycles. The van der Waals surface area contributed by atoms with E-state index in [1.165, 1.54) is 0 Å². The van der Waals surface area contributed by atoms with Crippen molar-refractivity contribution >= 4 is 29.3 Å². The van der Waals surface area contributed by atoms with Crippen molar-refractivity contribution in [1.29, 1.82) is 0 Å². The lowest BCUT2D eigenvalue weighted by Crippen LogP contribution is -2.37. The molecular weight excluding hydrogens is 264 g/mol. The van der Waals surface area contributed by atoms with Crippen LogP contribution in [0.15, 0.2) is 22.6 Å². The number of carbonyl (C=O) groups excluding carboxylic acids is 1. The van der Waals surface area contributed by atoms with E-state index in [-0.39, 0.29) is 24.4 Å². The summed E-state index contributed by atoms with van der Waals surface area (Å²) in [5, 5.41) is 3.80. The molecule has 0 radical (unpaired) electrons. The fraction of sp³-hybridized carbons (Fsp3) is 0.357. The van der Waals surface area contributed by atoms with Gasteiger partial charge >= 0.3 is 0 Å². The topological polar surface area (TPSA) is 68.3 Å². The molecule has 0 spiro atoms. The first-order chi connectivity index (χ1) is 8.54. The molecule has 1 atom stereocenters. The fourth-order valence-corrected chi connectivity index (χ4v) is 1.95. The van der Waals surface area contributed by atoms with Crippen LogP contribution in [-0.4, -0.2) is 18.5 Å². The SMILES string of the molecule is Cc1c(C(=O)N[C@@H](C)CN)oc2c(C)cccc12.Cl. The van der Waals surface area contributed by atoms with E-state index in [4.69, 9.17) is 10.2 Å². The zero-order valence-electron chi connectivity index (χ0n) is 11.3. The average molecular weight is 283 g/mol. The van der Waals surface area contributed by atoms with Gasteiger partial charge in [0.1, 0.15) is 5.58 Å². The molecule has 5 heteroatoms. The van der Waals surface area contributed by atoms with Gasteiger partial charge in [-0.05, 0) is 26.3 Å². The number of rotatable bonds is 3. The van der Waals surface area contributed by atoms with Crippen LogP contribution >= 0.6 is 12.4 Å². The summed E-state index contributed by atoms with van der Waals surface area (Å²) in [5.74, 6) is 0.167. The van der Waals surface area contributed by atoms with Crippen molar-refractivity contribution in [3.05, 3.63) is 35.1 Å². The summed E-state index contributed by atoms with van der Waals surface area (Å²) in [5.41, 5.74) is 8.17. The minimum atomic E-state index is -0.207. The summed E-state index contributed by atoms with van der Waals surface area (Å²) in [7, 11) is 0. The van der Waals surface area contributed by atoms with Gasteiger partial charge in [-0.15, -0.1) is 12.4 Å². The van der Waals surface area contributed by atoms with Crippen LogP contribution in [-0.2, 0) is 0 Å². The van der Waals surface area contributed by atoms with Gasteiger partial charge in [-0.3, -0.25) is 4.79 Å². The average Bonchev–Trinajstić information content (AvgIpc) is 2.69. The molecule has 104 valence electrons. The highest BCUT2D eigenvalue weighted by atomic mass is 35.5. The normalized spacial score (nSPS) is 12.0. The van der Waals surface area contributed by atoms with Crippen molar-refractivity contribution in [3.8, 4) is 0 Å². The molecule has 2 aromatic rings. The Hall–Kier alpha value is -1.52. The van der Waals surface area contributed by atoms with E-state index in [2.05, 4.69) is 5.32 Å². The number of amides is 1. The van der Waals surface area contributed by atoms with E-state index >= 15 is 0 Å². The summed E-state index contributed by atoms with van der Waals surface area (Å²) in [4.78, 5) is 12.1. The van der Waals surface area contributed by atoms with Crippen LogP contribution in [0, 0.1) is 13.8 Å². The molecule has 1 aromatic carbocycles. The van der Waals surface area contributed by atoms with Gasteiger partial charge in [-0.1, -0.05) is 18.2 Å². The Morgan fingerprint density at radius 3 is 2.68 bits per heavy atom. The first-order valence-electron chi connectivity index (χ1n) is 6.04. The predicted octanol–water partition coefficient (Wildman–Crippen LogP) is 2.55. The van der Waals surface area contributed by atoms with Gasteiger partial charge in [-0.2, -0.15) is 0 Å². The van der Waals surface area contributed by atoms with Crippen molar-refractivity contribution in [2.45, 2.75) is 26.8 Å². The van der Waals surface area contributed by atoms with Crippen molar-refractivity contribution in [2.24, 2.45) is 5.73 Å². The van der Waals surface area contributed by atoms with Gasteiger partial charge < -0.3 is 15.5 Å². The Kier molecular flexibility index (Phi) is 4.97. The van der Waals surface area contributed by atoms with Gasteiger partial charge in [0, 0.05) is 23.5 Å².